The van der Waals surface area contributed by atoms with Gasteiger partial charge in [-0.15, -0.1) is 0 Å². The van der Waals surface area contributed by atoms with Crippen LogP contribution in [0.15, 0.2) is 22.7 Å². The van der Waals surface area contributed by atoms with Gasteiger partial charge in [-0.25, -0.2) is 4.79 Å². The minimum absolute atomic E-state index is 0.219. The van der Waals surface area contributed by atoms with E-state index in [1.165, 1.54) is 7.11 Å². The number of nitrogens with one attached hydrogen (secondary N) is 1. The molecule has 0 spiro atoms. The summed E-state index contributed by atoms with van der Waals surface area (Å²) < 4.78 is 5.63. The fourth-order valence-corrected chi connectivity index (χ4v) is 1.95. The van der Waals surface area contributed by atoms with E-state index in [1.807, 2.05) is 19.1 Å². The smallest absolute Gasteiger partial charge is 0.327 e. The van der Waals surface area contributed by atoms with Crippen LogP contribution in [0.1, 0.15) is 31.9 Å². The molecule has 0 fully saturated rings. The predicted octanol–water partition coefficient (Wildman–Crippen LogP) is 3.70. The summed E-state index contributed by atoms with van der Waals surface area (Å²) in [4.78, 5) is 11.8. The lowest BCUT2D eigenvalue weighted by atomic mass is 10.1. The number of carbonyl (C=O) groups is 1. The number of ether oxygens (including phenoxy) is 1. The van der Waals surface area contributed by atoms with E-state index in [9.17, 15) is 4.79 Å². The van der Waals surface area contributed by atoms with E-state index in [0.717, 1.165) is 16.5 Å². The Hall–Kier alpha value is -0.580. The molecule has 1 rings (SSSR count). The third kappa shape index (κ3) is 3.97. The summed E-state index contributed by atoms with van der Waals surface area (Å²) in [7, 11) is 1.38. The second-order valence-corrected chi connectivity index (χ2v) is 5.37. The van der Waals surface area contributed by atoms with Crippen molar-refractivity contribution in [3.63, 3.8) is 0 Å². The zero-order valence-corrected chi connectivity index (χ0v) is 13.0. The first-order valence-corrected chi connectivity index (χ1v) is 6.95. The quantitative estimate of drug-likeness (QED) is 0.834. The predicted molar refractivity (Wildman–Crippen MR) is 76.8 cm³/mol. The summed E-state index contributed by atoms with van der Waals surface area (Å²) in [5.41, 5.74) is 0.801. The third-order valence-corrected chi connectivity index (χ3v) is 4.01. The topological polar surface area (TPSA) is 38.3 Å². The number of rotatable bonds is 5. The van der Waals surface area contributed by atoms with Gasteiger partial charge in [0.15, 0.2) is 0 Å². The van der Waals surface area contributed by atoms with Gasteiger partial charge < -0.3 is 4.74 Å². The molecule has 5 heteroatoms. The van der Waals surface area contributed by atoms with Crippen molar-refractivity contribution in [3.8, 4) is 0 Å². The molecule has 2 unspecified atom stereocenters. The molecule has 0 saturated carbocycles. The Morgan fingerprint density at radius 1 is 1.56 bits per heavy atom. The molecule has 100 valence electrons. The van der Waals surface area contributed by atoms with Crippen molar-refractivity contribution in [3.05, 3.63) is 33.3 Å². The maximum Gasteiger partial charge on any atom is 0.327 e. The van der Waals surface area contributed by atoms with E-state index in [1.54, 1.807) is 6.07 Å². The van der Waals surface area contributed by atoms with Crippen LogP contribution in [-0.2, 0) is 9.53 Å². The molecule has 18 heavy (non-hydrogen) atoms. The van der Waals surface area contributed by atoms with Crippen molar-refractivity contribution >= 4 is 33.5 Å². The monoisotopic (exact) mass is 333 g/mol. The molecule has 0 aromatic heterocycles. The molecule has 0 bridgehead atoms. The van der Waals surface area contributed by atoms with Crippen LogP contribution < -0.4 is 5.32 Å². The molecule has 2 atom stereocenters. The fourth-order valence-electron chi connectivity index (χ4n) is 1.51. The first kappa shape index (κ1) is 15.5. The molecule has 1 aromatic rings. The van der Waals surface area contributed by atoms with Crippen LogP contribution in [0.2, 0.25) is 5.02 Å². The van der Waals surface area contributed by atoms with Crippen molar-refractivity contribution in [1.82, 2.24) is 5.32 Å². The van der Waals surface area contributed by atoms with Gasteiger partial charge in [0.1, 0.15) is 6.04 Å². The Balaban J connectivity index is 3.01. The van der Waals surface area contributed by atoms with Gasteiger partial charge in [0, 0.05) is 10.5 Å². The highest BCUT2D eigenvalue weighted by atomic mass is 79.9. The molecule has 0 aliphatic rings. The van der Waals surface area contributed by atoms with Gasteiger partial charge in [0.05, 0.1) is 12.1 Å². The highest BCUT2D eigenvalue weighted by Gasteiger charge is 2.23. The van der Waals surface area contributed by atoms with Crippen LogP contribution in [0.3, 0.4) is 0 Å². The average Bonchev–Trinajstić information content (AvgIpc) is 2.38. The number of halogens is 2. The molecule has 1 N–H and O–H groups in total. The SMILES string of the molecule is CCC(C)NC(C(=O)OC)c1ccc(Br)c(Cl)c1. The summed E-state index contributed by atoms with van der Waals surface area (Å²) in [6.45, 7) is 4.08. The number of hydrogen-bond acceptors (Lipinski definition) is 3. The number of esters is 1. The Bertz CT molecular complexity index is 425. The first-order valence-electron chi connectivity index (χ1n) is 5.78. The molecule has 0 radical (unpaired) electrons. The van der Waals surface area contributed by atoms with Crippen molar-refractivity contribution in [1.29, 1.82) is 0 Å². The standard InChI is InChI=1S/C13H17BrClNO2/c1-4-8(2)16-12(13(17)18-3)9-5-6-10(14)11(15)7-9/h5-8,12,16H,4H2,1-3H3. The Morgan fingerprint density at radius 3 is 2.72 bits per heavy atom. The minimum Gasteiger partial charge on any atom is -0.468 e. The Morgan fingerprint density at radius 2 is 2.22 bits per heavy atom. The normalized spacial score (nSPS) is 14.1. The molecule has 0 amide bonds. The van der Waals surface area contributed by atoms with E-state index in [0.29, 0.717) is 5.02 Å². The van der Waals surface area contributed by atoms with E-state index in [4.69, 9.17) is 16.3 Å². The Kier molecular flexibility index (Phi) is 6.12. The lowest BCUT2D eigenvalue weighted by molar-refractivity contribution is -0.143. The van der Waals surface area contributed by atoms with Crippen LogP contribution in [-0.4, -0.2) is 19.1 Å². The second kappa shape index (κ2) is 7.12. The van der Waals surface area contributed by atoms with Gasteiger partial charge in [0.25, 0.3) is 0 Å². The lowest BCUT2D eigenvalue weighted by Crippen LogP contribution is -2.35. The Labute approximate surface area is 121 Å². The molecule has 1 aromatic carbocycles. The molecular formula is C13H17BrClNO2. The van der Waals surface area contributed by atoms with Gasteiger partial charge in [0.2, 0.25) is 0 Å². The van der Waals surface area contributed by atoms with Gasteiger partial charge in [-0.1, -0.05) is 24.6 Å². The molecule has 0 aliphatic heterocycles. The minimum atomic E-state index is -0.490. The maximum atomic E-state index is 11.8. The number of carbonyl (C=O) groups excluding carboxylic acids is 1. The number of benzene rings is 1. The largest absolute Gasteiger partial charge is 0.468 e. The molecule has 0 saturated heterocycles. The second-order valence-electron chi connectivity index (χ2n) is 4.11. The number of methoxy groups -OCH3 is 1. The summed E-state index contributed by atoms with van der Waals surface area (Å²) >= 11 is 9.38. The van der Waals surface area contributed by atoms with Crippen LogP contribution in [0.5, 0.6) is 0 Å². The maximum absolute atomic E-state index is 11.8. The average molecular weight is 335 g/mol. The van der Waals surface area contributed by atoms with Crippen molar-refractivity contribution in [2.45, 2.75) is 32.4 Å². The van der Waals surface area contributed by atoms with Crippen LogP contribution >= 0.6 is 27.5 Å². The van der Waals surface area contributed by atoms with Crippen molar-refractivity contribution in [2.75, 3.05) is 7.11 Å². The highest BCUT2D eigenvalue weighted by molar-refractivity contribution is 9.10. The van der Waals surface area contributed by atoms with Gasteiger partial charge in [-0.05, 0) is 47.0 Å². The van der Waals surface area contributed by atoms with E-state index in [-0.39, 0.29) is 12.0 Å². The summed E-state index contributed by atoms with van der Waals surface area (Å²) in [6.07, 6.45) is 0.928. The molecule has 3 nitrogen and oxygen atoms in total. The molecular weight excluding hydrogens is 318 g/mol. The van der Waals surface area contributed by atoms with Crippen LogP contribution in [0, 0.1) is 0 Å². The van der Waals surface area contributed by atoms with Crippen molar-refractivity contribution < 1.29 is 9.53 Å². The van der Waals surface area contributed by atoms with E-state index < -0.39 is 6.04 Å². The van der Waals surface area contributed by atoms with E-state index >= 15 is 0 Å². The van der Waals surface area contributed by atoms with Gasteiger partial charge >= 0.3 is 5.97 Å². The first-order chi connectivity index (χ1) is 8.49. The van der Waals surface area contributed by atoms with Crippen LogP contribution in [0.25, 0.3) is 0 Å². The third-order valence-electron chi connectivity index (χ3n) is 2.78. The highest BCUT2D eigenvalue weighted by Crippen LogP contribution is 2.27. The zero-order chi connectivity index (χ0) is 13.7. The van der Waals surface area contributed by atoms with Gasteiger partial charge in [-0.2, -0.15) is 0 Å². The van der Waals surface area contributed by atoms with Crippen LogP contribution in [0.4, 0.5) is 0 Å². The fraction of sp³-hybridized carbons (Fsp3) is 0.462. The van der Waals surface area contributed by atoms with E-state index in [2.05, 4.69) is 28.2 Å². The zero-order valence-electron chi connectivity index (χ0n) is 10.7. The summed E-state index contributed by atoms with van der Waals surface area (Å²) in [5, 5.41) is 3.81. The number of hydrogen-bond donors (Lipinski definition) is 1. The summed E-state index contributed by atoms with van der Waals surface area (Å²) in [5.74, 6) is -0.311. The van der Waals surface area contributed by atoms with Crippen molar-refractivity contribution in [2.24, 2.45) is 0 Å². The van der Waals surface area contributed by atoms with Gasteiger partial charge in [-0.3, -0.25) is 5.32 Å². The summed E-state index contributed by atoms with van der Waals surface area (Å²) in [6, 6.07) is 5.17. The molecule has 0 heterocycles. The molecule has 0 aliphatic carbocycles. The lowest BCUT2D eigenvalue weighted by Gasteiger charge is -2.21.